The Hall–Kier alpha value is -2.96. The largest absolute Gasteiger partial charge is 0.497 e. The average molecular weight is 539 g/mol. The van der Waals surface area contributed by atoms with E-state index in [1.165, 1.54) is 11.8 Å². The molecule has 0 fully saturated rings. The molecule has 0 saturated carbocycles. The van der Waals surface area contributed by atoms with E-state index in [0.717, 1.165) is 16.7 Å². The number of nitrogens with one attached hydrogen (secondary N) is 1. The van der Waals surface area contributed by atoms with Crippen LogP contribution in [-0.2, 0) is 28.3 Å². The van der Waals surface area contributed by atoms with Crippen molar-refractivity contribution in [2.75, 3.05) is 12.9 Å². The molecule has 0 aliphatic carbocycles. The lowest BCUT2D eigenvalue weighted by Gasteiger charge is -2.34. The Balaban J connectivity index is 1.89. The molecule has 0 saturated heterocycles. The zero-order chi connectivity index (χ0) is 26.8. The summed E-state index contributed by atoms with van der Waals surface area (Å²) in [4.78, 5) is 29.0. The standard InChI is InChI=1S/C30H35ClN2O3S/c1-30(2,3)32-29(35)27(18-22-10-6-5-7-11-22)33(19-23-12-9-15-26(17-23)36-4)28(34)21-37-20-24-13-8-14-25(31)16-24/h5-17,27H,18-21H2,1-4H3,(H,32,35)/t27-/m1/s1. The number of hydrogen-bond acceptors (Lipinski definition) is 4. The van der Waals surface area contributed by atoms with Gasteiger partial charge < -0.3 is 15.0 Å². The predicted molar refractivity (Wildman–Crippen MR) is 153 cm³/mol. The quantitative estimate of drug-likeness (QED) is 0.319. The summed E-state index contributed by atoms with van der Waals surface area (Å²) in [6.45, 7) is 6.13. The second-order valence-electron chi connectivity index (χ2n) is 9.94. The van der Waals surface area contributed by atoms with Crippen molar-refractivity contribution in [2.24, 2.45) is 0 Å². The van der Waals surface area contributed by atoms with E-state index in [0.29, 0.717) is 29.5 Å². The topological polar surface area (TPSA) is 58.6 Å². The highest BCUT2D eigenvalue weighted by atomic mass is 35.5. The fraction of sp³-hybridized carbons (Fsp3) is 0.333. The maximum absolute atomic E-state index is 13.7. The number of hydrogen-bond donors (Lipinski definition) is 1. The number of amides is 2. The molecule has 1 atom stereocenters. The Bertz CT molecular complexity index is 1180. The summed E-state index contributed by atoms with van der Waals surface area (Å²) < 4.78 is 5.39. The fourth-order valence-electron chi connectivity index (χ4n) is 3.94. The fourth-order valence-corrected chi connectivity index (χ4v) is 5.01. The van der Waals surface area contributed by atoms with E-state index in [9.17, 15) is 9.59 Å². The molecule has 7 heteroatoms. The Morgan fingerprint density at radius 1 is 0.946 bits per heavy atom. The zero-order valence-electron chi connectivity index (χ0n) is 21.9. The molecule has 5 nitrogen and oxygen atoms in total. The molecule has 0 aromatic heterocycles. The zero-order valence-corrected chi connectivity index (χ0v) is 23.4. The highest BCUT2D eigenvalue weighted by molar-refractivity contribution is 7.99. The second kappa shape index (κ2) is 13.5. The van der Waals surface area contributed by atoms with Crippen molar-refractivity contribution >= 4 is 35.2 Å². The minimum absolute atomic E-state index is 0.0974. The number of thioether (sulfide) groups is 1. The van der Waals surface area contributed by atoms with Gasteiger partial charge in [0.1, 0.15) is 11.8 Å². The summed E-state index contributed by atoms with van der Waals surface area (Å²) in [5, 5.41) is 3.76. The van der Waals surface area contributed by atoms with Gasteiger partial charge in [-0.3, -0.25) is 9.59 Å². The third-order valence-corrected chi connectivity index (χ3v) is 6.86. The SMILES string of the molecule is COc1cccc(CN(C(=O)CSCc2cccc(Cl)c2)[C@H](Cc2ccccc2)C(=O)NC(C)(C)C)c1. The highest BCUT2D eigenvalue weighted by Gasteiger charge is 2.32. The van der Waals surface area contributed by atoms with E-state index in [-0.39, 0.29) is 17.6 Å². The molecular weight excluding hydrogens is 504 g/mol. The van der Waals surface area contributed by atoms with Crippen LogP contribution in [0.1, 0.15) is 37.5 Å². The van der Waals surface area contributed by atoms with Crippen LogP contribution in [0.4, 0.5) is 0 Å². The van der Waals surface area contributed by atoms with E-state index in [2.05, 4.69) is 5.32 Å². The van der Waals surface area contributed by atoms with Gasteiger partial charge in [0.2, 0.25) is 11.8 Å². The van der Waals surface area contributed by atoms with Crippen molar-refractivity contribution in [3.05, 3.63) is 101 Å². The first kappa shape index (κ1) is 28.6. The van der Waals surface area contributed by atoms with Crippen molar-refractivity contribution in [2.45, 2.75) is 51.1 Å². The molecule has 196 valence electrons. The first-order valence-corrected chi connectivity index (χ1v) is 13.8. The number of ether oxygens (including phenoxy) is 1. The summed E-state index contributed by atoms with van der Waals surface area (Å²) in [5.41, 5.74) is 2.51. The minimum atomic E-state index is -0.674. The molecule has 0 aliphatic heterocycles. The molecule has 0 aliphatic rings. The Morgan fingerprint density at radius 2 is 1.62 bits per heavy atom. The normalized spacial score (nSPS) is 12.0. The predicted octanol–water partition coefficient (Wildman–Crippen LogP) is 6.14. The molecule has 37 heavy (non-hydrogen) atoms. The molecule has 0 bridgehead atoms. The molecule has 1 N–H and O–H groups in total. The number of benzene rings is 3. The van der Waals surface area contributed by atoms with Gasteiger partial charge in [0.15, 0.2) is 0 Å². The maximum Gasteiger partial charge on any atom is 0.243 e. The van der Waals surface area contributed by atoms with Crippen molar-refractivity contribution in [1.29, 1.82) is 0 Å². The van der Waals surface area contributed by atoms with Gasteiger partial charge in [-0.05, 0) is 61.7 Å². The highest BCUT2D eigenvalue weighted by Crippen LogP contribution is 2.22. The molecular formula is C30H35ClN2O3S. The van der Waals surface area contributed by atoms with Crippen LogP contribution in [0.2, 0.25) is 5.02 Å². The van der Waals surface area contributed by atoms with Crippen molar-refractivity contribution in [1.82, 2.24) is 10.2 Å². The Morgan fingerprint density at radius 3 is 2.30 bits per heavy atom. The first-order valence-electron chi connectivity index (χ1n) is 12.2. The summed E-state index contributed by atoms with van der Waals surface area (Å²) in [6, 6.07) is 24.4. The molecule has 0 unspecified atom stereocenters. The molecule has 3 aromatic rings. The molecule has 0 radical (unpaired) electrons. The van der Waals surface area contributed by atoms with Crippen molar-refractivity contribution < 1.29 is 14.3 Å². The minimum Gasteiger partial charge on any atom is -0.497 e. The van der Waals surface area contributed by atoms with Gasteiger partial charge in [-0.25, -0.2) is 0 Å². The number of carbonyl (C=O) groups excluding carboxylic acids is 2. The van der Waals surface area contributed by atoms with E-state index < -0.39 is 11.6 Å². The summed E-state index contributed by atoms with van der Waals surface area (Å²) in [6.07, 6.45) is 0.414. The number of halogens is 1. The number of carbonyl (C=O) groups is 2. The average Bonchev–Trinajstić information content (AvgIpc) is 2.86. The van der Waals surface area contributed by atoms with Crippen LogP contribution < -0.4 is 10.1 Å². The van der Waals surface area contributed by atoms with Crippen molar-refractivity contribution in [3.63, 3.8) is 0 Å². The monoisotopic (exact) mass is 538 g/mol. The van der Waals surface area contributed by atoms with E-state index in [1.54, 1.807) is 12.0 Å². The van der Waals surface area contributed by atoms with Crippen LogP contribution in [0, 0.1) is 0 Å². The van der Waals surface area contributed by atoms with Gasteiger partial charge in [-0.15, -0.1) is 11.8 Å². The van der Waals surface area contributed by atoms with Crippen LogP contribution in [0.3, 0.4) is 0 Å². The van der Waals surface area contributed by atoms with Crippen molar-refractivity contribution in [3.8, 4) is 5.75 Å². The van der Waals surface area contributed by atoms with E-state index in [4.69, 9.17) is 16.3 Å². The van der Waals surface area contributed by atoms with Gasteiger partial charge in [0.25, 0.3) is 0 Å². The smallest absolute Gasteiger partial charge is 0.243 e. The van der Waals surface area contributed by atoms with Crippen LogP contribution >= 0.6 is 23.4 Å². The lowest BCUT2D eigenvalue weighted by molar-refractivity contribution is -0.140. The van der Waals surface area contributed by atoms with Crippen LogP contribution in [0.15, 0.2) is 78.9 Å². The molecule has 0 heterocycles. The Kier molecular flexibility index (Phi) is 10.5. The first-order chi connectivity index (χ1) is 17.6. The molecule has 3 aromatic carbocycles. The summed E-state index contributed by atoms with van der Waals surface area (Å²) in [7, 11) is 1.61. The summed E-state index contributed by atoms with van der Waals surface area (Å²) in [5.74, 6) is 1.33. The van der Waals surface area contributed by atoms with Gasteiger partial charge in [0.05, 0.1) is 12.9 Å². The van der Waals surface area contributed by atoms with Crippen LogP contribution in [-0.4, -0.2) is 41.2 Å². The second-order valence-corrected chi connectivity index (χ2v) is 11.4. The lowest BCUT2D eigenvalue weighted by Crippen LogP contribution is -2.54. The van der Waals surface area contributed by atoms with Gasteiger partial charge in [0, 0.05) is 29.3 Å². The third kappa shape index (κ3) is 9.45. The lowest BCUT2D eigenvalue weighted by atomic mass is 10.0. The molecule has 2 amide bonds. The number of methoxy groups -OCH3 is 1. The maximum atomic E-state index is 13.7. The van der Waals surface area contributed by atoms with Gasteiger partial charge >= 0.3 is 0 Å². The number of nitrogens with zero attached hydrogens (tertiary/aromatic N) is 1. The van der Waals surface area contributed by atoms with Gasteiger partial charge in [-0.2, -0.15) is 0 Å². The summed E-state index contributed by atoms with van der Waals surface area (Å²) >= 11 is 7.63. The number of rotatable bonds is 11. The molecule has 3 rings (SSSR count). The Labute approximate surface area is 229 Å². The van der Waals surface area contributed by atoms with Gasteiger partial charge in [-0.1, -0.05) is 66.2 Å². The van der Waals surface area contributed by atoms with E-state index >= 15 is 0 Å². The molecule has 0 spiro atoms. The third-order valence-electron chi connectivity index (χ3n) is 5.64. The van der Waals surface area contributed by atoms with Crippen LogP contribution in [0.25, 0.3) is 0 Å². The van der Waals surface area contributed by atoms with E-state index in [1.807, 2.05) is 99.6 Å². The van der Waals surface area contributed by atoms with Crippen LogP contribution in [0.5, 0.6) is 5.75 Å².